The highest BCUT2D eigenvalue weighted by Gasteiger charge is 2.23. The normalized spacial score (nSPS) is 18.6. The molecule has 1 aliphatic rings. The van der Waals surface area contributed by atoms with E-state index in [0.29, 0.717) is 39.0 Å². The fourth-order valence-electron chi connectivity index (χ4n) is 2.17. The molecule has 4 heteroatoms. The molecule has 1 fully saturated rings. The SMILES string of the molecule is Cc1ccc(OCCCC(=O)N2CC[C@@H](O)C2)cc1. The van der Waals surface area contributed by atoms with Gasteiger partial charge in [0.1, 0.15) is 5.75 Å². The summed E-state index contributed by atoms with van der Waals surface area (Å²) in [6.07, 6.45) is 1.55. The maximum Gasteiger partial charge on any atom is 0.222 e. The van der Waals surface area contributed by atoms with Crippen LogP contribution in [0.3, 0.4) is 0 Å². The molecule has 0 spiro atoms. The Morgan fingerprint density at radius 1 is 1.42 bits per heavy atom. The van der Waals surface area contributed by atoms with Crippen LogP contribution in [0.4, 0.5) is 0 Å². The number of hydrogen-bond donors (Lipinski definition) is 1. The molecule has 1 heterocycles. The van der Waals surface area contributed by atoms with Gasteiger partial charge in [0.15, 0.2) is 0 Å². The number of rotatable bonds is 5. The average Bonchev–Trinajstić information content (AvgIpc) is 2.83. The van der Waals surface area contributed by atoms with Crippen molar-refractivity contribution in [2.45, 2.75) is 32.3 Å². The van der Waals surface area contributed by atoms with Crippen LogP contribution in [0.2, 0.25) is 0 Å². The molecule has 0 bridgehead atoms. The monoisotopic (exact) mass is 263 g/mol. The van der Waals surface area contributed by atoms with E-state index in [4.69, 9.17) is 4.74 Å². The van der Waals surface area contributed by atoms with E-state index in [9.17, 15) is 9.90 Å². The summed E-state index contributed by atoms with van der Waals surface area (Å²) in [6, 6.07) is 7.89. The van der Waals surface area contributed by atoms with Gasteiger partial charge in [0.2, 0.25) is 5.91 Å². The van der Waals surface area contributed by atoms with Gasteiger partial charge in [-0.25, -0.2) is 0 Å². The van der Waals surface area contributed by atoms with Crippen molar-refractivity contribution in [3.63, 3.8) is 0 Å². The Morgan fingerprint density at radius 2 is 2.16 bits per heavy atom. The molecular formula is C15H21NO3. The molecule has 0 aliphatic carbocycles. The van der Waals surface area contributed by atoms with Crippen LogP contribution in [0, 0.1) is 6.92 Å². The molecule has 19 heavy (non-hydrogen) atoms. The number of nitrogens with zero attached hydrogens (tertiary/aromatic N) is 1. The smallest absolute Gasteiger partial charge is 0.222 e. The third kappa shape index (κ3) is 4.24. The Balaban J connectivity index is 1.64. The number of benzene rings is 1. The predicted molar refractivity (Wildman–Crippen MR) is 73.1 cm³/mol. The molecule has 0 unspecified atom stereocenters. The Kier molecular flexibility index (Phi) is 4.80. The molecule has 1 aliphatic heterocycles. The number of aliphatic hydroxyl groups excluding tert-OH is 1. The van der Waals surface area contributed by atoms with Crippen molar-refractivity contribution in [1.82, 2.24) is 4.90 Å². The second-order valence-electron chi connectivity index (χ2n) is 5.05. The van der Waals surface area contributed by atoms with Crippen LogP contribution in [0.5, 0.6) is 5.75 Å². The fraction of sp³-hybridized carbons (Fsp3) is 0.533. The lowest BCUT2D eigenvalue weighted by atomic mass is 10.2. The lowest BCUT2D eigenvalue weighted by Gasteiger charge is -2.15. The number of likely N-dealkylation sites (tertiary alicyclic amines) is 1. The Labute approximate surface area is 114 Å². The number of amides is 1. The molecule has 4 nitrogen and oxygen atoms in total. The van der Waals surface area contributed by atoms with Gasteiger partial charge in [0.05, 0.1) is 12.7 Å². The minimum absolute atomic E-state index is 0.115. The summed E-state index contributed by atoms with van der Waals surface area (Å²) in [5.41, 5.74) is 1.20. The van der Waals surface area contributed by atoms with E-state index in [-0.39, 0.29) is 12.0 Å². The molecule has 2 rings (SSSR count). The van der Waals surface area contributed by atoms with Crippen LogP contribution in [-0.2, 0) is 4.79 Å². The molecule has 1 aromatic carbocycles. The molecule has 104 valence electrons. The molecule has 1 atom stereocenters. The number of β-amino-alcohol motifs (C(OH)–C–C–N with tert-alkyl or cyclic N) is 1. The van der Waals surface area contributed by atoms with Crippen LogP contribution in [0.15, 0.2) is 24.3 Å². The largest absolute Gasteiger partial charge is 0.494 e. The second kappa shape index (κ2) is 6.57. The topological polar surface area (TPSA) is 49.8 Å². The quantitative estimate of drug-likeness (QED) is 0.823. The Hall–Kier alpha value is -1.55. The summed E-state index contributed by atoms with van der Waals surface area (Å²) in [7, 11) is 0. The van der Waals surface area contributed by atoms with Gasteiger partial charge in [0.25, 0.3) is 0 Å². The van der Waals surface area contributed by atoms with E-state index in [1.54, 1.807) is 4.90 Å². The highest BCUT2D eigenvalue weighted by molar-refractivity contribution is 5.76. The zero-order valence-corrected chi connectivity index (χ0v) is 11.3. The third-order valence-corrected chi connectivity index (χ3v) is 3.34. The summed E-state index contributed by atoms with van der Waals surface area (Å²) in [6.45, 7) is 3.74. The third-order valence-electron chi connectivity index (χ3n) is 3.34. The number of aliphatic hydroxyl groups is 1. The molecule has 1 amide bonds. The molecule has 0 saturated carbocycles. The van der Waals surface area contributed by atoms with Gasteiger partial charge in [-0.1, -0.05) is 17.7 Å². The van der Waals surface area contributed by atoms with E-state index >= 15 is 0 Å². The minimum Gasteiger partial charge on any atom is -0.494 e. The van der Waals surface area contributed by atoms with Crippen LogP contribution in [0.25, 0.3) is 0 Å². The maximum absolute atomic E-state index is 11.8. The summed E-state index contributed by atoms with van der Waals surface area (Å²) >= 11 is 0. The first-order valence-corrected chi connectivity index (χ1v) is 6.80. The van der Waals surface area contributed by atoms with Crippen molar-refractivity contribution in [3.05, 3.63) is 29.8 Å². The fourth-order valence-corrected chi connectivity index (χ4v) is 2.17. The lowest BCUT2D eigenvalue weighted by Crippen LogP contribution is -2.29. The first kappa shape index (κ1) is 13.9. The first-order valence-electron chi connectivity index (χ1n) is 6.80. The van der Waals surface area contributed by atoms with E-state index in [0.717, 1.165) is 5.75 Å². The van der Waals surface area contributed by atoms with Crippen molar-refractivity contribution in [2.75, 3.05) is 19.7 Å². The minimum atomic E-state index is -0.340. The summed E-state index contributed by atoms with van der Waals surface area (Å²) in [5.74, 6) is 0.957. The molecule has 1 saturated heterocycles. The highest BCUT2D eigenvalue weighted by atomic mass is 16.5. The van der Waals surface area contributed by atoms with E-state index < -0.39 is 0 Å². The zero-order chi connectivity index (χ0) is 13.7. The van der Waals surface area contributed by atoms with Gasteiger partial charge >= 0.3 is 0 Å². The van der Waals surface area contributed by atoms with E-state index in [1.165, 1.54) is 5.56 Å². The lowest BCUT2D eigenvalue weighted by molar-refractivity contribution is -0.130. The van der Waals surface area contributed by atoms with Crippen molar-refractivity contribution in [2.24, 2.45) is 0 Å². The van der Waals surface area contributed by atoms with Crippen LogP contribution >= 0.6 is 0 Å². The first-order chi connectivity index (χ1) is 9.15. The van der Waals surface area contributed by atoms with Gasteiger partial charge in [-0.05, 0) is 31.9 Å². The summed E-state index contributed by atoms with van der Waals surface area (Å²) in [5, 5.41) is 9.37. The van der Waals surface area contributed by atoms with Gasteiger partial charge in [-0.2, -0.15) is 0 Å². The average molecular weight is 263 g/mol. The van der Waals surface area contributed by atoms with Crippen molar-refractivity contribution in [3.8, 4) is 5.75 Å². The number of carbonyl (C=O) groups excluding carboxylic acids is 1. The second-order valence-corrected chi connectivity index (χ2v) is 5.05. The van der Waals surface area contributed by atoms with E-state index in [2.05, 4.69) is 0 Å². The Morgan fingerprint density at radius 3 is 2.79 bits per heavy atom. The van der Waals surface area contributed by atoms with Crippen molar-refractivity contribution >= 4 is 5.91 Å². The van der Waals surface area contributed by atoms with Gasteiger partial charge in [-0.3, -0.25) is 4.79 Å². The summed E-state index contributed by atoms with van der Waals surface area (Å²) < 4.78 is 5.58. The summed E-state index contributed by atoms with van der Waals surface area (Å²) in [4.78, 5) is 13.5. The van der Waals surface area contributed by atoms with E-state index in [1.807, 2.05) is 31.2 Å². The number of aryl methyl sites for hydroxylation is 1. The highest BCUT2D eigenvalue weighted by Crippen LogP contribution is 2.13. The van der Waals surface area contributed by atoms with Crippen LogP contribution in [0.1, 0.15) is 24.8 Å². The van der Waals surface area contributed by atoms with Crippen molar-refractivity contribution in [1.29, 1.82) is 0 Å². The number of hydrogen-bond acceptors (Lipinski definition) is 3. The molecule has 0 radical (unpaired) electrons. The van der Waals surface area contributed by atoms with Gasteiger partial charge < -0.3 is 14.7 Å². The molecule has 1 aromatic rings. The molecular weight excluding hydrogens is 242 g/mol. The number of carbonyl (C=O) groups is 1. The van der Waals surface area contributed by atoms with Crippen molar-refractivity contribution < 1.29 is 14.6 Å². The molecule has 0 aromatic heterocycles. The van der Waals surface area contributed by atoms with Gasteiger partial charge in [0, 0.05) is 19.5 Å². The van der Waals surface area contributed by atoms with Crippen LogP contribution < -0.4 is 4.74 Å². The zero-order valence-electron chi connectivity index (χ0n) is 11.3. The number of ether oxygens (including phenoxy) is 1. The predicted octanol–water partition coefficient (Wildman–Crippen LogP) is 1.75. The van der Waals surface area contributed by atoms with Gasteiger partial charge in [-0.15, -0.1) is 0 Å². The Bertz CT molecular complexity index is 416. The van der Waals surface area contributed by atoms with Crippen LogP contribution in [-0.4, -0.2) is 41.7 Å². The molecule has 1 N–H and O–H groups in total. The maximum atomic E-state index is 11.8. The standard InChI is InChI=1S/C15H21NO3/c1-12-4-6-14(7-5-12)19-10-2-3-15(18)16-9-8-13(17)11-16/h4-7,13,17H,2-3,8-11H2,1H3/t13-/m1/s1.